The second-order valence-electron chi connectivity index (χ2n) is 4.34. The fraction of sp³-hybridized carbons (Fsp3) is 0.250. The average Bonchev–Trinajstić information content (AvgIpc) is 2.92. The van der Waals surface area contributed by atoms with Gasteiger partial charge in [0, 0.05) is 11.3 Å². The van der Waals surface area contributed by atoms with Crippen LogP contribution in [0.15, 0.2) is 36.4 Å². The standard InChI is InChI=1S/C16H17NO3S/c1-3-14(18)17-12-10-13(11-8-6-5-7-9-11)21-15(12)16(19)20-4-2/h5-10H,3-4H2,1-2H3,(H,17,18). The molecular formula is C16H17NO3S. The third kappa shape index (κ3) is 3.70. The molecule has 1 amide bonds. The molecular weight excluding hydrogens is 286 g/mol. The van der Waals surface area contributed by atoms with Gasteiger partial charge in [-0.1, -0.05) is 37.3 Å². The summed E-state index contributed by atoms with van der Waals surface area (Å²) in [4.78, 5) is 25.0. The van der Waals surface area contributed by atoms with Crippen molar-refractivity contribution in [1.82, 2.24) is 0 Å². The summed E-state index contributed by atoms with van der Waals surface area (Å²) in [5.41, 5.74) is 1.52. The van der Waals surface area contributed by atoms with Gasteiger partial charge in [-0.05, 0) is 18.6 Å². The van der Waals surface area contributed by atoms with Crippen molar-refractivity contribution in [2.75, 3.05) is 11.9 Å². The number of rotatable bonds is 5. The van der Waals surface area contributed by atoms with E-state index in [-0.39, 0.29) is 5.91 Å². The maximum absolute atomic E-state index is 12.0. The zero-order valence-corrected chi connectivity index (χ0v) is 12.8. The minimum atomic E-state index is -0.406. The summed E-state index contributed by atoms with van der Waals surface area (Å²) >= 11 is 1.32. The molecule has 0 aliphatic heterocycles. The van der Waals surface area contributed by atoms with Crippen LogP contribution in [-0.4, -0.2) is 18.5 Å². The molecule has 0 radical (unpaired) electrons. The molecule has 0 aliphatic carbocycles. The number of nitrogens with one attached hydrogen (secondary N) is 1. The quantitative estimate of drug-likeness (QED) is 0.851. The topological polar surface area (TPSA) is 55.4 Å². The summed E-state index contributed by atoms with van der Waals surface area (Å²) in [6.45, 7) is 3.83. The third-order valence-electron chi connectivity index (χ3n) is 2.85. The first-order chi connectivity index (χ1) is 10.2. The first kappa shape index (κ1) is 15.3. The molecule has 1 N–H and O–H groups in total. The van der Waals surface area contributed by atoms with E-state index < -0.39 is 5.97 Å². The summed E-state index contributed by atoms with van der Waals surface area (Å²) in [6.07, 6.45) is 0.360. The van der Waals surface area contributed by atoms with Gasteiger partial charge in [-0.3, -0.25) is 4.79 Å². The Morgan fingerprint density at radius 1 is 1.19 bits per heavy atom. The van der Waals surface area contributed by atoms with Gasteiger partial charge < -0.3 is 10.1 Å². The maximum Gasteiger partial charge on any atom is 0.350 e. The second-order valence-corrected chi connectivity index (χ2v) is 5.39. The lowest BCUT2D eigenvalue weighted by molar-refractivity contribution is -0.115. The van der Waals surface area contributed by atoms with E-state index in [1.54, 1.807) is 13.8 Å². The summed E-state index contributed by atoms with van der Waals surface area (Å²) in [5.74, 6) is -0.533. The van der Waals surface area contributed by atoms with Crippen molar-refractivity contribution in [2.45, 2.75) is 20.3 Å². The number of benzene rings is 1. The van der Waals surface area contributed by atoms with Crippen molar-refractivity contribution >= 4 is 28.9 Å². The molecule has 0 fully saturated rings. The molecule has 4 nitrogen and oxygen atoms in total. The lowest BCUT2D eigenvalue weighted by atomic mass is 10.2. The van der Waals surface area contributed by atoms with Gasteiger partial charge >= 0.3 is 5.97 Å². The molecule has 1 aromatic heterocycles. The average molecular weight is 303 g/mol. The van der Waals surface area contributed by atoms with Gasteiger partial charge in [-0.15, -0.1) is 11.3 Å². The van der Waals surface area contributed by atoms with E-state index in [1.807, 2.05) is 36.4 Å². The minimum Gasteiger partial charge on any atom is -0.462 e. The largest absolute Gasteiger partial charge is 0.462 e. The first-order valence-electron chi connectivity index (χ1n) is 6.82. The molecule has 0 saturated heterocycles. The van der Waals surface area contributed by atoms with Crippen LogP contribution in [0.1, 0.15) is 29.9 Å². The van der Waals surface area contributed by atoms with Crippen molar-refractivity contribution in [2.24, 2.45) is 0 Å². The summed E-state index contributed by atoms with van der Waals surface area (Å²) in [7, 11) is 0. The zero-order valence-electron chi connectivity index (χ0n) is 12.0. The Morgan fingerprint density at radius 2 is 1.90 bits per heavy atom. The molecule has 21 heavy (non-hydrogen) atoms. The van der Waals surface area contributed by atoms with Crippen LogP contribution >= 0.6 is 11.3 Å². The highest BCUT2D eigenvalue weighted by atomic mass is 32.1. The van der Waals surface area contributed by atoms with Crippen LogP contribution < -0.4 is 5.32 Å². The predicted octanol–water partition coefficient (Wildman–Crippen LogP) is 3.94. The lowest BCUT2D eigenvalue weighted by Crippen LogP contribution is -2.12. The zero-order chi connectivity index (χ0) is 15.2. The Hall–Kier alpha value is -2.14. The fourth-order valence-electron chi connectivity index (χ4n) is 1.82. The molecule has 1 aromatic carbocycles. The SMILES string of the molecule is CCOC(=O)c1sc(-c2ccccc2)cc1NC(=O)CC. The van der Waals surface area contributed by atoms with Gasteiger partial charge in [-0.2, -0.15) is 0 Å². The predicted molar refractivity (Wildman–Crippen MR) is 84.6 cm³/mol. The van der Waals surface area contributed by atoms with E-state index in [9.17, 15) is 9.59 Å². The molecule has 0 bridgehead atoms. The van der Waals surface area contributed by atoms with E-state index in [1.165, 1.54) is 11.3 Å². The highest BCUT2D eigenvalue weighted by Crippen LogP contribution is 2.35. The van der Waals surface area contributed by atoms with Crippen molar-refractivity contribution in [3.8, 4) is 10.4 Å². The van der Waals surface area contributed by atoms with E-state index >= 15 is 0 Å². The van der Waals surface area contributed by atoms with Crippen LogP contribution in [0, 0.1) is 0 Å². The summed E-state index contributed by atoms with van der Waals surface area (Å²) in [5, 5.41) is 2.76. The number of ether oxygens (including phenoxy) is 1. The Bertz CT molecular complexity index is 634. The molecule has 0 aliphatic rings. The fourth-order valence-corrected chi connectivity index (χ4v) is 2.83. The number of amides is 1. The number of carbonyl (C=O) groups excluding carboxylic acids is 2. The third-order valence-corrected chi connectivity index (χ3v) is 4.01. The molecule has 5 heteroatoms. The van der Waals surface area contributed by atoms with Gasteiger partial charge in [-0.25, -0.2) is 4.79 Å². The summed E-state index contributed by atoms with van der Waals surface area (Å²) in [6, 6.07) is 11.5. The number of hydrogen-bond acceptors (Lipinski definition) is 4. The molecule has 110 valence electrons. The van der Waals surface area contributed by atoms with Gasteiger partial charge in [0.1, 0.15) is 4.88 Å². The number of carbonyl (C=O) groups is 2. The van der Waals surface area contributed by atoms with Crippen LogP contribution in [0.2, 0.25) is 0 Å². The number of thiophene rings is 1. The highest BCUT2D eigenvalue weighted by molar-refractivity contribution is 7.18. The lowest BCUT2D eigenvalue weighted by Gasteiger charge is -2.04. The van der Waals surface area contributed by atoms with Crippen LogP contribution in [0.4, 0.5) is 5.69 Å². The molecule has 0 atom stereocenters. The van der Waals surface area contributed by atoms with Gasteiger partial charge in [0.15, 0.2) is 0 Å². The highest BCUT2D eigenvalue weighted by Gasteiger charge is 2.19. The molecule has 0 spiro atoms. The molecule has 0 unspecified atom stereocenters. The molecule has 0 saturated carbocycles. The summed E-state index contributed by atoms with van der Waals surface area (Å²) < 4.78 is 5.05. The van der Waals surface area contributed by atoms with E-state index in [0.29, 0.717) is 23.6 Å². The van der Waals surface area contributed by atoms with Crippen LogP contribution in [-0.2, 0) is 9.53 Å². The minimum absolute atomic E-state index is 0.127. The van der Waals surface area contributed by atoms with Crippen LogP contribution in [0.3, 0.4) is 0 Å². The first-order valence-corrected chi connectivity index (χ1v) is 7.63. The maximum atomic E-state index is 12.0. The van der Waals surface area contributed by atoms with E-state index in [0.717, 1.165) is 10.4 Å². The normalized spacial score (nSPS) is 10.2. The monoisotopic (exact) mass is 303 g/mol. The van der Waals surface area contributed by atoms with E-state index in [4.69, 9.17) is 4.74 Å². The second kappa shape index (κ2) is 7.04. The van der Waals surface area contributed by atoms with Crippen molar-refractivity contribution in [3.05, 3.63) is 41.3 Å². The van der Waals surface area contributed by atoms with Gasteiger partial charge in [0.25, 0.3) is 0 Å². The van der Waals surface area contributed by atoms with Crippen molar-refractivity contribution in [3.63, 3.8) is 0 Å². The Labute approximate surface area is 127 Å². The van der Waals surface area contributed by atoms with Crippen LogP contribution in [0.5, 0.6) is 0 Å². The van der Waals surface area contributed by atoms with Crippen LogP contribution in [0.25, 0.3) is 10.4 Å². The number of hydrogen-bond donors (Lipinski definition) is 1. The van der Waals surface area contributed by atoms with Crippen molar-refractivity contribution in [1.29, 1.82) is 0 Å². The molecule has 1 heterocycles. The number of anilines is 1. The molecule has 2 rings (SSSR count). The van der Waals surface area contributed by atoms with Crippen molar-refractivity contribution < 1.29 is 14.3 Å². The smallest absolute Gasteiger partial charge is 0.350 e. The van der Waals surface area contributed by atoms with E-state index in [2.05, 4.69) is 5.32 Å². The molecule has 2 aromatic rings. The van der Waals surface area contributed by atoms with Gasteiger partial charge in [0.2, 0.25) is 5.91 Å². The Kier molecular flexibility index (Phi) is 5.11. The Balaban J connectivity index is 2.39. The Morgan fingerprint density at radius 3 is 2.52 bits per heavy atom. The van der Waals surface area contributed by atoms with Gasteiger partial charge in [0.05, 0.1) is 12.3 Å². The number of esters is 1.